The van der Waals surface area contributed by atoms with E-state index in [0.717, 1.165) is 11.1 Å². The second-order valence-electron chi connectivity index (χ2n) is 5.98. The quantitative estimate of drug-likeness (QED) is 0.666. The summed E-state index contributed by atoms with van der Waals surface area (Å²) in [5.41, 5.74) is 2.16. The molecule has 0 unspecified atom stereocenters. The second-order valence-corrected chi connectivity index (χ2v) is 7.12. The van der Waals surface area contributed by atoms with Crippen molar-refractivity contribution in [3.63, 3.8) is 0 Å². The number of amides is 1. The Labute approximate surface area is 153 Å². The van der Waals surface area contributed by atoms with E-state index in [4.69, 9.17) is 4.74 Å². The smallest absolute Gasteiger partial charge is 0.221 e. The number of thioether (sulfide) groups is 1. The van der Waals surface area contributed by atoms with Crippen LogP contribution in [0.5, 0.6) is 0 Å². The van der Waals surface area contributed by atoms with Crippen molar-refractivity contribution in [2.75, 3.05) is 5.75 Å². The van der Waals surface area contributed by atoms with Gasteiger partial charge in [0.1, 0.15) is 5.82 Å². The molecule has 5 heteroatoms. The van der Waals surface area contributed by atoms with Crippen LogP contribution in [0.15, 0.2) is 53.4 Å². The summed E-state index contributed by atoms with van der Waals surface area (Å²) in [5.74, 6) is 0.281. The van der Waals surface area contributed by atoms with Crippen LogP contribution in [0.1, 0.15) is 31.4 Å². The van der Waals surface area contributed by atoms with Gasteiger partial charge < -0.3 is 10.1 Å². The molecule has 134 valence electrons. The molecule has 2 aromatic rings. The second kappa shape index (κ2) is 10.2. The molecule has 25 heavy (non-hydrogen) atoms. The first-order valence-corrected chi connectivity index (χ1v) is 9.36. The van der Waals surface area contributed by atoms with Crippen LogP contribution in [0.4, 0.5) is 4.39 Å². The third-order valence-electron chi connectivity index (χ3n) is 3.52. The van der Waals surface area contributed by atoms with Crippen LogP contribution in [0, 0.1) is 5.82 Å². The fourth-order valence-electron chi connectivity index (χ4n) is 2.12. The van der Waals surface area contributed by atoms with Gasteiger partial charge in [0, 0.05) is 23.6 Å². The van der Waals surface area contributed by atoms with Gasteiger partial charge in [-0.25, -0.2) is 4.39 Å². The fraction of sp³-hybridized carbons (Fsp3) is 0.350. The lowest BCUT2D eigenvalue weighted by Gasteiger charge is -2.09. The average Bonchev–Trinajstić information content (AvgIpc) is 2.60. The van der Waals surface area contributed by atoms with E-state index >= 15 is 0 Å². The minimum atomic E-state index is -0.241. The molecule has 0 aliphatic rings. The van der Waals surface area contributed by atoms with Crippen LogP contribution in [0.2, 0.25) is 0 Å². The zero-order valence-electron chi connectivity index (χ0n) is 14.6. The van der Waals surface area contributed by atoms with Crippen LogP contribution < -0.4 is 5.32 Å². The minimum Gasteiger partial charge on any atom is -0.374 e. The van der Waals surface area contributed by atoms with Gasteiger partial charge in [-0.2, -0.15) is 0 Å². The Hall–Kier alpha value is -1.85. The maximum atomic E-state index is 13.5. The number of halogens is 1. The SMILES string of the molecule is CC(C)OCc1ccc(CNC(=O)CCSc2ccccc2F)cc1. The van der Waals surface area contributed by atoms with Crippen molar-refractivity contribution in [2.45, 2.75) is 44.4 Å². The topological polar surface area (TPSA) is 38.3 Å². The minimum absolute atomic E-state index is 0.0314. The molecule has 0 fully saturated rings. The van der Waals surface area contributed by atoms with Gasteiger partial charge in [0.25, 0.3) is 0 Å². The van der Waals surface area contributed by atoms with Crippen molar-refractivity contribution < 1.29 is 13.9 Å². The monoisotopic (exact) mass is 361 g/mol. The van der Waals surface area contributed by atoms with E-state index in [2.05, 4.69) is 5.32 Å². The number of ether oxygens (including phenoxy) is 1. The first-order valence-electron chi connectivity index (χ1n) is 8.38. The molecule has 1 N–H and O–H groups in total. The highest BCUT2D eigenvalue weighted by Gasteiger charge is 2.05. The van der Waals surface area contributed by atoms with Crippen LogP contribution in [0.3, 0.4) is 0 Å². The number of nitrogens with one attached hydrogen (secondary N) is 1. The first kappa shape index (κ1) is 19.5. The Balaban J connectivity index is 1.68. The standard InChI is InChI=1S/C20H24FNO2S/c1-15(2)24-14-17-9-7-16(8-10-17)13-22-20(23)11-12-25-19-6-4-3-5-18(19)21/h3-10,15H,11-14H2,1-2H3,(H,22,23). The summed E-state index contributed by atoms with van der Waals surface area (Å²) in [6, 6.07) is 14.6. The summed E-state index contributed by atoms with van der Waals surface area (Å²) in [5, 5.41) is 2.89. The van der Waals surface area contributed by atoms with E-state index < -0.39 is 0 Å². The van der Waals surface area contributed by atoms with Gasteiger partial charge in [0.05, 0.1) is 12.7 Å². The predicted molar refractivity (Wildman–Crippen MR) is 100.0 cm³/mol. The Kier molecular flexibility index (Phi) is 7.95. The van der Waals surface area contributed by atoms with Crippen molar-refractivity contribution >= 4 is 17.7 Å². The molecule has 0 heterocycles. The molecule has 0 aromatic heterocycles. The number of rotatable bonds is 9. The molecule has 0 aliphatic heterocycles. The fourth-order valence-corrected chi connectivity index (χ4v) is 3.01. The maximum absolute atomic E-state index is 13.5. The molecule has 2 aromatic carbocycles. The molecule has 0 atom stereocenters. The molecular formula is C20H24FNO2S. The zero-order chi connectivity index (χ0) is 18.1. The molecule has 1 amide bonds. The molecule has 0 aliphatic carbocycles. The lowest BCUT2D eigenvalue weighted by Crippen LogP contribution is -2.23. The number of benzene rings is 2. The molecule has 0 bridgehead atoms. The maximum Gasteiger partial charge on any atom is 0.221 e. The van der Waals surface area contributed by atoms with Gasteiger partial charge in [-0.15, -0.1) is 11.8 Å². The van der Waals surface area contributed by atoms with Crippen LogP contribution >= 0.6 is 11.8 Å². The molecule has 0 spiro atoms. The lowest BCUT2D eigenvalue weighted by atomic mass is 10.1. The molecule has 0 saturated carbocycles. The third kappa shape index (κ3) is 7.28. The van der Waals surface area contributed by atoms with Gasteiger partial charge in [-0.05, 0) is 37.1 Å². The van der Waals surface area contributed by atoms with E-state index in [-0.39, 0.29) is 17.8 Å². The van der Waals surface area contributed by atoms with Gasteiger partial charge in [0.15, 0.2) is 0 Å². The summed E-state index contributed by atoms with van der Waals surface area (Å²) in [6.07, 6.45) is 0.570. The Morgan fingerprint density at radius 3 is 2.48 bits per heavy atom. The summed E-state index contributed by atoms with van der Waals surface area (Å²) in [7, 11) is 0. The van der Waals surface area contributed by atoms with Crippen molar-refractivity contribution in [3.8, 4) is 0 Å². The number of hydrogen-bond acceptors (Lipinski definition) is 3. The highest BCUT2D eigenvalue weighted by molar-refractivity contribution is 7.99. The number of carbonyl (C=O) groups excluding carboxylic acids is 1. The van der Waals surface area contributed by atoms with Crippen molar-refractivity contribution in [2.24, 2.45) is 0 Å². The van der Waals surface area contributed by atoms with Crippen LogP contribution in [0.25, 0.3) is 0 Å². The normalized spacial score (nSPS) is 10.9. The molecule has 3 nitrogen and oxygen atoms in total. The lowest BCUT2D eigenvalue weighted by molar-refractivity contribution is -0.120. The summed E-state index contributed by atoms with van der Waals surface area (Å²) >= 11 is 1.36. The summed E-state index contributed by atoms with van der Waals surface area (Å²) in [6.45, 7) is 5.11. The van der Waals surface area contributed by atoms with Gasteiger partial charge in [-0.3, -0.25) is 4.79 Å². The molecule has 2 rings (SSSR count). The first-order chi connectivity index (χ1) is 12.0. The average molecular weight is 361 g/mol. The predicted octanol–water partition coefficient (Wildman–Crippen LogP) is 4.55. The number of carbonyl (C=O) groups is 1. The third-order valence-corrected chi connectivity index (χ3v) is 4.57. The Bertz CT molecular complexity index is 674. The number of hydrogen-bond donors (Lipinski definition) is 1. The Morgan fingerprint density at radius 1 is 1.12 bits per heavy atom. The van der Waals surface area contributed by atoms with Crippen LogP contribution in [-0.4, -0.2) is 17.8 Å². The highest BCUT2D eigenvalue weighted by Crippen LogP contribution is 2.21. The summed E-state index contributed by atoms with van der Waals surface area (Å²) < 4.78 is 19.0. The van der Waals surface area contributed by atoms with Crippen molar-refractivity contribution in [1.29, 1.82) is 0 Å². The van der Waals surface area contributed by atoms with Gasteiger partial charge in [0.2, 0.25) is 5.91 Å². The van der Waals surface area contributed by atoms with Crippen molar-refractivity contribution in [1.82, 2.24) is 5.32 Å². The van der Waals surface area contributed by atoms with Gasteiger partial charge >= 0.3 is 0 Å². The van der Waals surface area contributed by atoms with E-state index in [9.17, 15) is 9.18 Å². The van der Waals surface area contributed by atoms with E-state index in [1.165, 1.54) is 17.8 Å². The zero-order valence-corrected chi connectivity index (χ0v) is 15.4. The van der Waals surface area contributed by atoms with Crippen molar-refractivity contribution in [3.05, 3.63) is 65.5 Å². The van der Waals surface area contributed by atoms with E-state index in [0.29, 0.717) is 30.2 Å². The van der Waals surface area contributed by atoms with E-state index in [1.54, 1.807) is 18.2 Å². The molecular weight excluding hydrogens is 337 g/mol. The van der Waals surface area contributed by atoms with E-state index in [1.807, 2.05) is 38.1 Å². The largest absolute Gasteiger partial charge is 0.374 e. The van der Waals surface area contributed by atoms with Crippen LogP contribution in [-0.2, 0) is 22.7 Å². The highest BCUT2D eigenvalue weighted by atomic mass is 32.2. The van der Waals surface area contributed by atoms with Gasteiger partial charge in [-0.1, -0.05) is 36.4 Å². The molecule has 0 radical (unpaired) electrons. The Morgan fingerprint density at radius 2 is 1.80 bits per heavy atom. The molecule has 0 saturated heterocycles. The summed E-state index contributed by atoms with van der Waals surface area (Å²) in [4.78, 5) is 12.5.